The van der Waals surface area contributed by atoms with Gasteiger partial charge in [-0.05, 0) is 19.3 Å². The third-order valence-electron chi connectivity index (χ3n) is 2.68. The molecule has 0 saturated carbocycles. The first-order valence-corrected chi connectivity index (χ1v) is 6.35. The summed E-state index contributed by atoms with van der Waals surface area (Å²) in [5, 5.41) is 12.6. The molecule has 3 rings (SSSR count). The molecule has 0 unspecified atom stereocenters. The third kappa shape index (κ3) is 2.04. The molecule has 7 heteroatoms. The number of aromatic carboxylic acids is 1. The summed E-state index contributed by atoms with van der Waals surface area (Å²) in [6.07, 6.45) is 5.97. The number of aromatic nitrogens is 3. The SMILES string of the molecule is O=C(O)c1cncc(Nc2nc3c(s2)CCC3)n1. The van der Waals surface area contributed by atoms with Gasteiger partial charge in [0.1, 0.15) is 0 Å². The van der Waals surface area contributed by atoms with Crippen molar-refractivity contribution in [3.05, 3.63) is 28.7 Å². The molecular weight excluding hydrogens is 252 g/mol. The molecule has 92 valence electrons. The first-order valence-electron chi connectivity index (χ1n) is 5.53. The van der Waals surface area contributed by atoms with Crippen molar-refractivity contribution in [2.45, 2.75) is 19.3 Å². The lowest BCUT2D eigenvalue weighted by molar-refractivity contribution is 0.0690. The minimum absolute atomic E-state index is 0.0795. The number of carboxylic acid groups (broad SMARTS) is 1. The molecule has 0 aromatic carbocycles. The van der Waals surface area contributed by atoms with Crippen molar-refractivity contribution in [2.75, 3.05) is 5.32 Å². The number of hydrogen-bond acceptors (Lipinski definition) is 6. The maximum atomic E-state index is 10.8. The molecule has 2 N–H and O–H groups in total. The number of rotatable bonds is 3. The number of aryl methyl sites for hydroxylation is 2. The number of fused-ring (bicyclic) bond motifs is 1. The van der Waals surface area contributed by atoms with E-state index in [0.717, 1.165) is 23.7 Å². The first-order chi connectivity index (χ1) is 8.72. The first kappa shape index (κ1) is 11.1. The van der Waals surface area contributed by atoms with Gasteiger partial charge in [0.15, 0.2) is 16.6 Å². The predicted molar refractivity (Wildman–Crippen MR) is 66.4 cm³/mol. The summed E-state index contributed by atoms with van der Waals surface area (Å²) in [7, 11) is 0. The molecule has 0 saturated heterocycles. The Labute approximate surface area is 107 Å². The van der Waals surface area contributed by atoms with Gasteiger partial charge in [-0.3, -0.25) is 4.98 Å². The van der Waals surface area contributed by atoms with Gasteiger partial charge in [0.25, 0.3) is 0 Å². The van der Waals surface area contributed by atoms with E-state index < -0.39 is 5.97 Å². The van der Waals surface area contributed by atoms with Crippen LogP contribution in [0, 0.1) is 0 Å². The fourth-order valence-corrected chi connectivity index (χ4v) is 2.94. The number of nitrogens with zero attached hydrogens (tertiary/aromatic N) is 3. The minimum Gasteiger partial charge on any atom is -0.476 e. The van der Waals surface area contributed by atoms with Crippen molar-refractivity contribution in [1.82, 2.24) is 15.0 Å². The second-order valence-electron chi connectivity index (χ2n) is 3.96. The fourth-order valence-electron chi connectivity index (χ4n) is 1.88. The van der Waals surface area contributed by atoms with Gasteiger partial charge < -0.3 is 10.4 Å². The molecule has 2 aromatic heterocycles. The van der Waals surface area contributed by atoms with Crippen LogP contribution in [0.15, 0.2) is 12.4 Å². The molecule has 2 heterocycles. The fraction of sp³-hybridized carbons (Fsp3) is 0.273. The molecule has 0 bridgehead atoms. The predicted octanol–water partition coefficient (Wildman–Crippen LogP) is 1.86. The summed E-state index contributed by atoms with van der Waals surface area (Å²) in [4.78, 5) is 24.3. The Morgan fingerprint density at radius 2 is 2.22 bits per heavy atom. The standard InChI is InChI=1S/C11H10N4O2S/c16-10(17)7-4-12-5-9(13-7)15-11-14-6-2-1-3-8(6)18-11/h4-5H,1-3H2,(H,16,17)(H,13,14,15). The van der Waals surface area contributed by atoms with E-state index in [-0.39, 0.29) is 5.69 Å². The highest BCUT2D eigenvalue weighted by molar-refractivity contribution is 7.15. The minimum atomic E-state index is -1.09. The lowest BCUT2D eigenvalue weighted by Crippen LogP contribution is -2.03. The second kappa shape index (κ2) is 4.34. The van der Waals surface area contributed by atoms with Crippen molar-refractivity contribution in [2.24, 2.45) is 0 Å². The summed E-state index contributed by atoms with van der Waals surface area (Å²) in [6.45, 7) is 0. The van der Waals surface area contributed by atoms with E-state index >= 15 is 0 Å². The van der Waals surface area contributed by atoms with Gasteiger partial charge in [0.05, 0.1) is 18.1 Å². The molecule has 6 nitrogen and oxygen atoms in total. The molecule has 0 amide bonds. The summed E-state index contributed by atoms with van der Waals surface area (Å²) in [5.74, 6) is -0.685. The van der Waals surface area contributed by atoms with Crippen molar-refractivity contribution in [3.63, 3.8) is 0 Å². The van der Waals surface area contributed by atoms with Crippen LogP contribution in [0.4, 0.5) is 10.9 Å². The Hall–Kier alpha value is -2.02. The van der Waals surface area contributed by atoms with E-state index in [0.29, 0.717) is 5.82 Å². The number of carboxylic acids is 1. The highest BCUT2D eigenvalue weighted by Crippen LogP contribution is 2.31. The molecule has 1 aliphatic rings. The highest BCUT2D eigenvalue weighted by atomic mass is 32.1. The summed E-state index contributed by atoms with van der Waals surface area (Å²) in [6, 6.07) is 0. The van der Waals surface area contributed by atoms with E-state index in [1.807, 2.05) is 0 Å². The largest absolute Gasteiger partial charge is 0.476 e. The lowest BCUT2D eigenvalue weighted by Gasteiger charge is -2.01. The van der Waals surface area contributed by atoms with E-state index in [2.05, 4.69) is 20.3 Å². The number of hydrogen-bond donors (Lipinski definition) is 2. The quantitative estimate of drug-likeness (QED) is 0.877. The topological polar surface area (TPSA) is 88.0 Å². The molecular formula is C11H10N4O2S. The zero-order valence-electron chi connectivity index (χ0n) is 9.38. The van der Waals surface area contributed by atoms with Crippen molar-refractivity contribution in [1.29, 1.82) is 0 Å². The van der Waals surface area contributed by atoms with Crippen LogP contribution < -0.4 is 5.32 Å². The average molecular weight is 262 g/mol. The maximum Gasteiger partial charge on any atom is 0.356 e. The van der Waals surface area contributed by atoms with Gasteiger partial charge in [0, 0.05) is 4.88 Å². The normalized spacial score (nSPS) is 13.3. The summed E-state index contributed by atoms with van der Waals surface area (Å²) >= 11 is 1.59. The molecule has 0 atom stereocenters. The van der Waals surface area contributed by atoms with Crippen LogP contribution in [0.2, 0.25) is 0 Å². The zero-order valence-corrected chi connectivity index (χ0v) is 10.2. The van der Waals surface area contributed by atoms with E-state index in [1.165, 1.54) is 23.7 Å². The summed E-state index contributed by atoms with van der Waals surface area (Å²) in [5.41, 5.74) is 1.06. The van der Waals surface area contributed by atoms with Gasteiger partial charge in [-0.2, -0.15) is 0 Å². The van der Waals surface area contributed by atoms with E-state index in [4.69, 9.17) is 5.11 Å². The number of thiazole rings is 1. The van der Waals surface area contributed by atoms with Gasteiger partial charge in [-0.25, -0.2) is 14.8 Å². The molecule has 0 radical (unpaired) electrons. The molecule has 2 aromatic rings. The van der Waals surface area contributed by atoms with Crippen LogP contribution >= 0.6 is 11.3 Å². The zero-order chi connectivity index (χ0) is 12.5. The Balaban J connectivity index is 1.83. The van der Waals surface area contributed by atoms with Crippen molar-refractivity contribution >= 4 is 28.3 Å². The third-order valence-corrected chi connectivity index (χ3v) is 3.76. The Morgan fingerprint density at radius 3 is 3.00 bits per heavy atom. The number of carbonyl (C=O) groups is 1. The monoisotopic (exact) mass is 262 g/mol. The van der Waals surface area contributed by atoms with Crippen molar-refractivity contribution < 1.29 is 9.90 Å². The van der Waals surface area contributed by atoms with Crippen LogP contribution in [0.1, 0.15) is 27.5 Å². The second-order valence-corrected chi connectivity index (χ2v) is 5.05. The molecule has 0 spiro atoms. The lowest BCUT2D eigenvalue weighted by atomic mass is 10.4. The van der Waals surface area contributed by atoms with Gasteiger partial charge >= 0.3 is 5.97 Å². The van der Waals surface area contributed by atoms with Crippen molar-refractivity contribution in [3.8, 4) is 0 Å². The van der Waals surface area contributed by atoms with E-state index in [9.17, 15) is 4.79 Å². The van der Waals surface area contributed by atoms with E-state index in [1.54, 1.807) is 11.3 Å². The average Bonchev–Trinajstić information content (AvgIpc) is 2.90. The number of nitrogens with one attached hydrogen (secondary N) is 1. The summed E-state index contributed by atoms with van der Waals surface area (Å²) < 4.78 is 0. The van der Waals surface area contributed by atoms with Crippen LogP contribution in [0.5, 0.6) is 0 Å². The smallest absolute Gasteiger partial charge is 0.356 e. The molecule has 1 aliphatic carbocycles. The van der Waals surface area contributed by atoms with Crippen LogP contribution in [0.25, 0.3) is 0 Å². The van der Waals surface area contributed by atoms with Crippen LogP contribution in [-0.4, -0.2) is 26.0 Å². The van der Waals surface area contributed by atoms with Gasteiger partial charge in [-0.15, -0.1) is 11.3 Å². The highest BCUT2D eigenvalue weighted by Gasteiger charge is 2.17. The van der Waals surface area contributed by atoms with Crippen LogP contribution in [-0.2, 0) is 12.8 Å². The van der Waals surface area contributed by atoms with Crippen LogP contribution in [0.3, 0.4) is 0 Å². The molecule has 18 heavy (non-hydrogen) atoms. The Bertz CT molecular complexity index is 589. The molecule has 0 fully saturated rings. The van der Waals surface area contributed by atoms with Gasteiger partial charge in [-0.1, -0.05) is 0 Å². The number of anilines is 2. The molecule has 0 aliphatic heterocycles. The Kier molecular flexibility index (Phi) is 2.67. The Morgan fingerprint density at radius 1 is 1.33 bits per heavy atom. The maximum absolute atomic E-state index is 10.8. The van der Waals surface area contributed by atoms with Gasteiger partial charge in [0.2, 0.25) is 0 Å².